The van der Waals surface area contributed by atoms with Crippen molar-refractivity contribution in [1.29, 1.82) is 0 Å². The zero-order valence-electron chi connectivity index (χ0n) is 11.3. The third kappa shape index (κ3) is 3.19. The lowest BCUT2D eigenvalue weighted by molar-refractivity contribution is 0.0514. The number of hydrogen-bond donors (Lipinski definition) is 0. The van der Waals surface area contributed by atoms with Crippen LogP contribution in [-0.2, 0) is 11.3 Å². The van der Waals surface area contributed by atoms with Crippen LogP contribution in [0.5, 0.6) is 5.75 Å². The first kappa shape index (κ1) is 14.6. The summed E-state index contributed by atoms with van der Waals surface area (Å²) in [6.45, 7) is 2.64. The highest BCUT2D eigenvalue weighted by atomic mass is 79.9. The van der Waals surface area contributed by atoms with Gasteiger partial charge in [-0.15, -0.1) is 0 Å². The molecule has 0 saturated carbocycles. The van der Waals surface area contributed by atoms with Crippen molar-refractivity contribution in [2.75, 3.05) is 13.7 Å². The number of carbonyl (C=O) groups excluding carboxylic acids is 1. The van der Waals surface area contributed by atoms with Crippen LogP contribution in [0.15, 0.2) is 35.2 Å². The Balaban J connectivity index is 2.23. The van der Waals surface area contributed by atoms with Crippen LogP contribution in [0.4, 0.5) is 0 Å². The average Bonchev–Trinajstić information content (AvgIpc) is 2.81. The summed E-state index contributed by atoms with van der Waals surface area (Å²) in [7, 11) is 1.63. The molecular formula is C14H15BrN2O3. The molecule has 0 aliphatic carbocycles. The summed E-state index contributed by atoms with van der Waals surface area (Å²) in [5.74, 6) is 0.420. The van der Waals surface area contributed by atoms with Gasteiger partial charge in [0.25, 0.3) is 0 Å². The molecule has 0 saturated heterocycles. The number of hydrogen-bond acceptors (Lipinski definition) is 4. The number of benzene rings is 1. The smallest absolute Gasteiger partial charge is 0.356 e. The quantitative estimate of drug-likeness (QED) is 0.786. The molecule has 0 bridgehead atoms. The van der Waals surface area contributed by atoms with Crippen molar-refractivity contribution >= 4 is 21.9 Å². The van der Waals surface area contributed by atoms with Gasteiger partial charge in [-0.25, -0.2) is 9.78 Å². The molecule has 2 aromatic rings. The number of imidazole rings is 1. The summed E-state index contributed by atoms with van der Waals surface area (Å²) in [5.41, 5.74) is 1.46. The molecule has 106 valence electrons. The number of esters is 1. The second kappa shape index (κ2) is 6.56. The minimum absolute atomic E-state index is 0.337. The monoisotopic (exact) mass is 338 g/mol. The van der Waals surface area contributed by atoms with E-state index >= 15 is 0 Å². The van der Waals surface area contributed by atoms with Crippen LogP contribution >= 0.6 is 15.9 Å². The Kier molecular flexibility index (Phi) is 4.79. The summed E-state index contributed by atoms with van der Waals surface area (Å²) >= 11 is 3.34. The van der Waals surface area contributed by atoms with E-state index in [2.05, 4.69) is 20.9 Å². The molecule has 5 nitrogen and oxygen atoms in total. The van der Waals surface area contributed by atoms with E-state index < -0.39 is 0 Å². The van der Waals surface area contributed by atoms with Gasteiger partial charge in [-0.1, -0.05) is 12.1 Å². The molecule has 0 unspecified atom stereocenters. The molecule has 1 heterocycles. The molecule has 0 aliphatic heterocycles. The fourth-order valence-electron chi connectivity index (χ4n) is 1.79. The van der Waals surface area contributed by atoms with Crippen molar-refractivity contribution in [3.05, 3.63) is 46.5 Å². The number of methoxy groups -OCH3 is 1. The first-order chi connectivity index (χ1) is 9.65. The van der Waals surface area contributed by atoms with Gasteiger partial charge in [0.05, 0.1) is 26.5 Å². The number of nitrogens with zero attached hydrogens (tertiary/aromatic N) is 2. The Morgan fingerprint density at radius 1 is 1.35 bits per heavy atom. The van der Waals surface area contributed by atoms with Crippen LogP contribution in [-0.4, -0.2) is 29.2 Å². The lowest BCUT2D eigenvalue weighted by Gasteiger charge is -2.09. The first-order valence-electron chi connectivity index (χ1n) is 6.16. The molecule has 0 fully saturated rings. The van der Waals surface area contributed by atoms with Crippen LogP contribution in [0.3, 0.4) is 0 Å². The minimum atomic E-state index is -0.376. The van der Waals surface area contributed by atoms with Crippen molar-refractivity contribution < 1.29 is 14.3 Å². The van der Waals surface area contributed by atoms with E-state index in [0.717, 1.165) is 11.3 Å². The lowest BCUT2D eigenvalue weighted by atomic mass is 10.2. The standard InChI is InChI=1S/C14H15BrN2O3/c1-3-20-13(18)12-8-16-14(15)17(12)9-10-4-6-11(19-2)7-5-10/h4-8H,3,9H2,1-2H3. The summed E-state index contributed by atoms with van der Waals surface area (Å²) in [6.07, 6.45) is 1.51. The van der Waals surface area contributed by atoms with Crippen molar-refractivity contribution in [2.24, 2.45) is 0 Å². The zero-order chi connectivity index (χ0) is 14.5. The molecule has 1 aromatic carbocycles. The number of carbonyl (C=O) groups is 1. The van der Waals surface area contributed by atoms with Crippen molar-refractivity contribution in [1.82, 2.24) is 9.55 Å². The number of rotatable bonds is 5. The molecule has 6 heteroatoms. The van der Waals surface area contributed by atoms with E-state index in [9.17, 15) is 4.79 Å². The van der Waals surface area contributed by atoms with Crippen molar-refractivity contribution in [3.8, 4) is 5.75 Å². The Labute approximate surface area is 125 Å². The van der Waals surface area contributed by atoms with Crippen LogP contribution in [0, 0.1) is 0 Å². The van der Waals surface area contributed by atoms with Gasteiger partial charge < -0.3 is 14.0 Å². The fraction of sp³-hybridized carbons (Fsp3) is 0.286. The highest BCUT2D eigenvalue weighted by Crippen LogP contribution is 2.18. The zero-order valence-corrected chi connectivity index (χ0v) is 12.9. The second-order valence-electron chi connectivity index (χ2n) is 4.07. The van der Waals surface area contributed by atoms with Gasteiger partial charge in [0.15, 0.2) is 4.73 Å². The van der Waals surface area contributed by atoms with Crippen LogP contribution in [0.2, 0.25) is 0 Å². The average molecular weight is 339 g/mol. The Bertz CT molecular complexity index is 593. The van der Waals surface area contributed by atoms with Crippen molar-refractivity contribution in [2.45, 2.75) is 13.5 Å². The number of halogens is 1. The summed E-state index contributed by atoms with van der Waals surface area (Å²) in [4.78, 5) is 15.9. The van der Waals surface area contributed by atoms with Crippen molar-refractivity contribution in [3.63, 3.8) is 0 Å². The number of aromatic nitrogens is 2. The van der Waals surface area contributed by atoms with E-state index in [1.54, 1.807) is 18.6 Å². The van der Waals surface area contributed by atoms with Crippen LogP contribution in [0.25, 0.3) is 0 Å². The largest absolute Gasteiger partial charge is 0.497 e. The van der Waals surface area contributed by atoms with Gasteiger partial charge in [0.2, 0.25) is 0 Å². The minimum Gasteiger partial charge on any atom is -0.497 e. The molecule has 0 amide bonds. The summed E-state index contributed by atoms with van der Waals surface area (Å²) in [5, 5.41) is 0. The molecule has 0 N–H and O–H groups in total. The topological polar surface area (TPSA) is 53.3 Å². The summed E-state index contributed by atoms with van der Waals surface area (Å²) < 4.78 is 12.5. The summed E-state index contributed by atoms with van der Waals surface area (Å²) in [6, 6.07) is 7.65. The lowest BCUT2D eigenvalue weighted by Crippen LogP contribution is -2.13. The normalized spacial score (nSPS) is 10.3. The number of ether oxygens (including phenoxy) is 2. The molecule has 0 radical (unpaired) electrons. The van der Waals surface area contributed by atoms with Gasteiger partial charge >= 0.3 is 5.97 Å². The third-order valence-corrected chi connectivity index (χ3v) is 3.42. The molecular weight excluding hydrogens is 324 g/mol. The van der Waals surface area contributed by atoms with E-state index in [1.807, 2.05) is 24.3 Å². The van der Waals surface area contributed by atoms with E-state index in [1.165, 1.54) is 6.20 Å². The van der Waals surface area contributed by atoms with Gasteiger partial charge in [-0.05, 0) is 40.5 Å². The molecule has 2 rings (SSSR count). The molecule has 0 atom stereocenters. The fourth-order valence-corrected chi connectivity index (χ4v) is 2.20. The van der Waals surface area contributed by atoms with E-state index in [0.29, 0.717) is 23.6 Å². The predicted octanol–water partition coefficient (Wildman–Crippen LogP) is 2.88. The second-order valence-corrected chi connectivity index (χ2v) is 4.78. The van der Waals surface area contributed by atoms with E-state index in [-0.39, 0.29) is 5.97 Å². The molecule has 20 heavy (non-hydrogen) atoms. The maximum Gasteiger partial charge on any atom is 0.356 e. The Morgan fingerprint density at radius 3 is 2.65 bits per heavy atom. The maximum absolute atomic E-state index is 11.8. The van der Waals surface area contributed by atoms with Gasteiger partial charge in [0.1, 0.15) is 11.4 Å². The van der Waals surface area contributed by atoms with Gasteiger partial charge in [-0.3, -0.25) is 0 Å². The molecule has 0 aliphatic rings. The first-order valence-corrected chi connectivity index (χ1v) is 6.96. The Morgan fingerprint density at radius 2 is 2.05 bits per heavy atom. The highest BCUT2D eigenvalue weighted by Gasteiger charge is 2.16. The van der Waals surface area contributed by atoms with Crippen LogP contribution in [0.1, 0.15) is 23.0 Å². The van der Waals surface area contributed by atoms with Crippen LogP contribution < -0.4 is 4.74 Å². The van der Waals surface area contributed by atoms with Gasteiger partial charge in [0, 0.05) is 0 Å². The maximum atomic E-state index is 11.8. The molecule has 1 aromatic heterocycles. The third-order valence-electron chi connectivity index (χ3n) is 2.79. The van der Waals surface area contributed by atoms with Gasteiger partial charge in [-0.2, -0.15) is 0 Å². The highest BCUT2D eigenvalue weighted by molar-refractivity contribution is 9.10. The van der Waals surface area contributed by atoms with E-state index in [4.69, 9.17) is 9.47 Å². The predicted molar refractivity (Wildman–Crippen MR) is 78.0 cm³/mol. The molecule has 0 spiro atoms. The Hall–Kier alpha value is -1.82. The SMILES string of the molecule is CCOC(=O)c1cnc(Br)n1Cc1ccc(OC)cc1.